The maximum atomic E-state index is 10.0. The second-order valence-electron chi connectivity index (χ2n) is 13.3. The average molecular weight is 726 g/mol. The van der Waals surface area contributed by atoms with Gasteiger partial charge in [-0.2, -0.15) is 10.2 Å². The van der Waals surface area contributed by atoms with Crippen molar-refractivity contribution < 1.29 is 23.8 Å². The van der Waals surface area contributed by atoms with Gasteiger partial charge in [0.15, 0.2) is 0 Å². The first-order chi connectivity index (χ1) is 25.0. The lowest BCUT2D eigenvalue weighted by molar-refractivity contribution is -0.0733. The van der Waals surface area contributed by atoms with Crippen LogP contribution in [0.1, 0.15) is 117 Å². The van der Waals surface area contributed by atoms with Crippen molar-refractivity contribution in [2.24, 2.45) is 5.92 Å². The highest BCUT2D eigenvalue weighted by molar-refractivity contribution is 7.16. The van der Waals surface area contributed by atoms with Crippen LogP contribution >= 0.6 is 11.3 Å². The van der Waals surface area contributed by atoms with E-state index < -0.39 is 0 Å². The fraction of sp³-hybridized carbons (Fsp3) is 0.684. The van der Waals surface area contributed by atoms with Crippen LogP contribution in [-0.2, 0) is 28.9 Å². The van der Waals surface area contributed by atoms with E-state index in [1.807, 2.05) is 20.9 Å². The molecule has 1 fully saturated rings. The van der Waals surface area contributed by atoms with Gasteiger partial charge >= 0.3 is 0 Å². The first-order valence-corrected chi connectivity index (χ1v) is 19.5. The van der Waals surface area contributed by atoms with Gasteiger partial charge in [0.05, 0.1) is 48.4 Å². The predicted octanol–water partition coefficient (Wildman–Crippen LogP) is 6.05. The first kappa shape index (κ1) is 40.6. The number of nitrogens with zero attached hydrogens (tertiary/aromatic N) is 5. The van der Waals surface area contributed by atoms with Crippen molar-refractivity contribution in [1.29, 1.82) is 5.26 Å². The van der Waals surface area contributed by atoms with Crippen LogP contribution < -0.4 is 15.8 Å². The number of aryl methyl sites for hydroxylation is 1. The smallest absolute Gasteiger partial charge is 0.221 e. The number of thiophene rings is 1. The molecule has 13 heteroatoms. The van der Waals surface area contributed by atoms with Crippen LogP contribution in [0, 0.1) is 17.2 Å². The number of ether oxygens (including phenoxy) is 3. The third-order valence-electron chi connectivity index (χ3n) is 9.90. The molecular weight excluding hydrogens is 667 g/mol. The van der Waals surface area contributed by atoms with E-state index in [0.29, 0.717) is 53.2 Å². The van der Waals surface area contributed by atoms with Crippen molar-refractivity contribution >= 4 is 16.3 Å². The molecule has 0 saturated carbocycles. The summed E-state index contributed by atoms with van der Waals surface area (Å²) < 4.78 is 24.0. The zero-order chi connectivity index (χ0) is 36.9. The molecular formula is C38H59N7O5S. The summed E-state index contributed by atoms with van der Waals surface area (Å²) in [6.45, 7) is 13.7. The van der Waals surface area contributed by atoms with Crippen molar-refractivity contribution in [3.8, 4) is 23.5 Å². The monoisotopic (exact) mass is 725 g/mol. The first-order valence-electron chi connectivity index (χ1n) is 18.7. The number of fused-ring (bicyclic) bond motifs is 2. The van der Waals surface area contributed by atoms with Crippen molar-refractivity contribution in [3.05, 3.63) is 38.5 Å². The van der Waals surface area contributed by atoms with Gasteiger partial charge in [0.25, 0.3) is 0 Å². The summed E-state index contributed by atoms with van der Waals surface area (Å²) in [6.07, 6.45) is 7.52. The largest absolute Gasteiger partial charge is 0.477 e. The molecule has 12 nitrogen and oxygen atoms in total. The Kier molecular flexibility index (Phi) is 16.1. The van der Waals surface area contributed by atoms with E-state index in [4.69, 9.17) is 44.7 Å². The molecule has 6 rings (SSSR count). The number of hydrogen-bond acceptors (Lipinski definition) is 13. The number of methoxy groups -OCH3 is 1. The predicted molar refractivity (Wildman–Crippen MR) is 201 cm³/mol. The van der Waals surface area contributed by atoms with Gasteiger partial charge in [-0.3, -0.25) is 4.90 Å². The Balaban J connectivity index is 0.00000141. The van der Waals surface area contributed by atoms with Gasteiger partial charge in [0, 0.05) is 56.2 Å². The molecule has 2 aliphatic heterocycles. The van der Waals surface area contributed by atoms with E-state index in [1.54, 1.807) is 7.11 Å². The molecule has 0 aromatic carbocycles. The molecule has 0 bridgehead atoms. The van der Waals surface area contributed by atoms with E-state index in [-0.39, 0.29) is 11.8 Å². The SMILES string of the molecule is CC.CCCc1c([C@H]2CCCc3sc(N)c(C#N)c32)noc1-c1nc(OC[C@@H](C)CCCNC)c2c(n1)[C@@H](CCOC)CN(C1COC1)C2.CO. The van der Waals surface area contributed by atoms with Gasteiger partial charge in [0.1, 0.15) is 11.1 Å². The van der Waals surface area contributed by atoms with Crippen molar-refractivity contribution in [1.82, 2.24) is 25.3 Å². The minimum atomic E-state index is -0.0412. The Morgan fingerprint density at radius 1 is 1.22 bits per heavy atom. The summed E-state index contributed by atoms with van der Waals surface area (Å²) in [7, 11) is 4.74. The summed E-state index contributed by atoms with van der Waals surface area (Å²) in [6, 6.07) is 2.76. The summed E-state index contributed by atoms with van der Waals surface area (Å²) in [5.74, 6) is 2.25. The summed E-state index contributed by atoms with van der Waals surface area (Å²) in [4.78, 5) is 14.1. The average Bonchev–Trinajstić information content (AvgIpc) is 3.70. The van der Waals surface area contributed by atoms with Crippen LogP contribution in [-0.4, -0.2) is 92.0 Å². The topological polar surface area (TPSA) is 165 Å². The molecule has 3 aromatic rings. The zero-order valence-electron chi connectivity index (χ0n) is 31.7. The Morgan fingerprint density at radius 3 is 2.67 bits per heavy atom. The van der Waals surface area contributed by atoms with E-state index in [9.17, 15) is 5.26 Å². The minimum Gasteiger partial charge on any atom is -0.477 e. The van der Waals surface area contributed by atoms with Gasteiger partial charge in [0.2, 0.25) is 17.5 Å². The second kappa shape index (κ2) is 20.2. The molecule has 0 spiro atoms. The van der Waals surface area contributed by atoms with Crippen molar-refractivity contribution in [2.45, 2.75) is 103 Å². The van der Waals surface area contributed by atoms with E-state index >= 15 is 0 Å². The number of nitrogens with one attached hydrogen (secondary N) is 1. The fourth-order valence-electron chi connectivity index (χ4n) is 7.28. The number of nitrogens with two attached hydrogens (primary N) is 1. The van der Waals surface area contributed by atoms with Crippen LogP contribution in [0.4, 0.5) is 5.00 Å². The fourth-order valence-corrected chi connectivity index (χ4v) is 8.41. The number of aromatic nitrogens is 3. The lowest BCUT2D eigenvalue weighted by Gasteiger charge is -2.42. The highest BCUT2D eigenvalue weighted by atomic mass is 32.1. The van der Waals surface area contributed by atoms with Crippen molar-refractivity contribution in [3.63, 3.8) is 0 Å². The van der Waals surface area contributed by atoms with Crippen LogP contribution in [0.3, 0.4) is 0 Å². The van der Waals surface area contributed by atoms with Gasteiger partial charge in [-0.15, -0.1) is 11.3 Å². The Labute approximate surface area is 308 Å². The van der Waals surface area contributed by atoms with Gasteiger partial charge in [-0.25, -0.2) is 4.98 Å². The number of nitrogen functional groups attached to an aromatic ring is 1. The molecule has 0 radical (unpaired) electrons. The summed E-state index contributed by atoms with van der Waals surface area (Å²) >= 11 is 1.54. The van der Waals surface area contributed by atoms with Crippen LogP contribution in [0.25, 0.3) is 11.6 Å². The Hall–Kier alpha value is -3.12. The van der Waals surface area contributed by atoms with E-state index in [0.717, 1.165) is 119 Å². The maximum absolute atomic E-state index is 10.0. The van der Waals surface area contributed by atoms with Gasteiger partial charge in [-0.05, 0) is 70.0 Å². The molecule has 51 heavy (non-hydrogen) atoms. The minimum absolute atomic E-state index is 0.0412. The third kappa shape index (κ3) is 9.28. The Bertz CT molecular complexity index is 1570. The molecule has 0 amide bonds. The number of aliphatic hydroxyl groups excluding tert-OH is 1. The highest BCUT2D eigenvalue weighted by Crippen LogP contribution is 2.47. The number of nitriles is 1. The van der Waals surface area contributed by atoms with Gasteiger partial charge in [-0.1, -0.05) is 39.3 Å². The maximum Gasteiger partial charge on any atom is 0.221 e. The normalized spacial score (nSPS) is 19.0. The molecule has 3 aliphatic rings. The molecule has 4 N–H and O–H groups in total. The van der Waals surface area contributed by atoms with Crippen molar-refractivity contribution in [2.75, 3.05) is 66.5 Å². The van der Waals surface area contributed by atoms with E-state index in [2.05, 4.69) is 30.1 Å². The van der Waals surface area contributed by atoms with Crippen LogP contribution in [0.5, 0.6) is 5.88 Å². The molecule has 3 atom stereocenters. The van der Waals surface area contributed by atoms with Crippen LogP contribution in [0.15, 0.2) is 4.52 Å². The standard InChI is InChI=1S/C35H49N7O4S.C2H6.CH4O/c1-5-8-25-31(24-10-6-11-28-29(24)26(15-36)33(37)47-28)41-46-32(25)34-39-30-22(12-14-43-4)16-42(23-19-44-20-23)17-27(30)35(40-34)45-18-21(2)9-7-13-38-3;2*1-2/h21-24,38H,5-14,16-20,37H2,1-4H3;1-2H3;2H,1H3/t21-,22-,24-;;/m0../s1. The lowest BCUT2D eigenvalue weighted by atomic mass is 9.81. The molecule has 5 heterocycles. The zero-order valence-corrected chi connectivity index (χ0v) is 32.5. The van der Waals surface area contributed by atoms with Gasteiger partial charge < -0.3 is 34.9 Å². The number of anilines is 1. The highest BCUT2D eigenvalue weighted by Gasteiger charge is 2.38. The lowest BCUT2D eigenvalue weighted by Crippen LogP contribution is -2.51. The molecule has 282 valence electrons. The molecule has 1 saturated heterocycles. The number of aliphatic hydroxyl groups is 1. The number of rotatable bonds is 15. The third-order valence-corrected chi connectivity index (χ3v) is 11.0. The quantitative estimate of drug-likeness (QED) is 0.156. The van der Waals surface area contributed by atoms with E-state index in [1.165, 1.54) is 16.2 Å². The molecule has 0 unspecified atom stereocenters. The summed E-state index contributed by atoms with van der Waals surface area (Å²) in [5.41, 5.74) is 11.9. The molecule has 3 aromatic heterocycles. The number of hydrogen-bond donors (Lipinski definition) is 3. The molecule has 1 aliphatic carbocycles. The Morgan fingerprint density at radius 2 is 2.00 bits per heavy atom. The summed E-state index contributed by atoms with van der Waals surface area (Å²) in [5, 5.41) is 25.6. The second-order valence-corrected chi connectivity index (χ2v) is 14.5. The van der Waals surface area contributed by atoms with Crippen LogP contribution in [0.2, 0.25) is 0 Å².